The van der Waals surface area contributed by atoms with Crippen LogP contribution >= 0.6 is 0 Å². The highest BCUT2D eigenvalue weighted by molar-refractivity contribution is 5.96. The second-order valence-electron chi connectivity index (χ2n) is 6.62. The number of halogens is 4. The third kappa shape index (κ3) is 3.62. The molecule has 148 valence electrons. The highest BCUT2D eigenvalue weighted by Gasteiger charge is 2.54. The van der Waals surface area contributed by atoms with Crippen LogP contribution in [0.3, 0.4) is 0 Å². The lowest BCUT2D eigenvalue weighted by atomic mass is 9.84. The molecule has 0 radical (unpaired) electrons. The van der Waals surface area contributed by atoms with E-state index < -0.39 is 41.0 Å². The van der Waals surface area contributed by atoms with E-state index in [0.29, 0.717) is 0 Å². The number of amidine groups is 1. The number of ether oxygens (including phenoxy) is 1. The number of Topliss-reactive ketones (excluding diaryl/α,β-unsaturated/α-hetero) is 1. The number of aromatic nitrogens is 1. The number of aliphatic imine (C=N–C) groups is 1. The van der Waals surface area contributed by atoms with Crippen molar-refractivity contribution in [3.05, 3.63) is 65.0 Å². The molecule has 2 N–H and O–H groups in total. The van der Waals surface area contributed by atoms with Crippen LogP contribution in [0.25, 0.3) is 0 Å². The second-order valence-corrected chi connectivity index (χ2v) is 6.62. The second kappa shape index (κ2) is 7.31. The molecular formula is C19H17F4N3O2. The normalized spacial score (nSPS) is 21.7. The highest BCUT2D eigenvalue weighted by atomic mass is 19.3. The number of nitrogens with two attached hydrogens (primary N) is 1. The average molecular weight is 395 g/mol. The van der Waals surface area contributed by atoms with Crippen molar-refractivity contribution < 1.29 is 27.1 Å². The van der Waals surface area contributed by atoms with E-state index >= 15 is 0 Å². The molecular weight excluding hydrogens is 378 g/mol. The predicted octanol–water partition coefficient (Wildman–Crippen LogP) is 3.02. The molecule has 1 atom stereocenters. The van der Waals surface area contributed by atoms with Crippen LogP contribution in [0, 0.1) is 11.6 Å². The zero-order valence-corrected chi connectivity index (χ0v) is 14.9. The maximum absolute atomic E-state index is 14.7. The molecule has 5 nitrogen and oxygen atoms in total. The average Bonchev–Trinajstić information content (AvgIpc) is 2.72. The summed E-state index contributed by atoms with van der Waals surface area (Å²) in [7, 11) is 0. The van der Waals surface area contributed by atoms with Gasteiger partial charge < -0.3 is 10.5 Å². The lowest BCUT2D eigenvalue weighted by Crippen LogP contribution is -2.45. The molecule has 2 aromatic rings. The number of hydrogen-bond acceptors (Lipinski definition) is 5. The summed E-state index contributed by atoms with van der Waals surface area (Å²) >= 11 is 0. The molecule has 1 aliphatic heterocycles. The van der Waals surface area contributed by atoms with Crippen LogP contribution in [0.4, 0.5) is 17.6 Å². The first-order valence-electron chi connectivity index (χ1n) is 8.36. The van der Waals surface area contributed by atoms with Crippen molar-refractivity contribution in [2.24, 2.45) is 10.7 Å². The Bertz CT molecular complexity index is 949. The first-order valence-corrected chi connectivity index (χ1v) is 8.36. The van der Waals surface area contributed by atoms with Gasteiger partial charge in [-0.3, -0.25) is 14.8 Å². The Morgan fingerprint density at radius 1 is 1.25 bits per heavy atom. The molecule has 1 aromatic carbocycles. The van der Waals surface area contributed by atoms with Crippen molar-refractivity contribution >= 4 is 11.6 Å². The number of carbonyl (C=O) groups excluding carboxylic acids is 1. The number of ketones is 1. The van der Waals surface area contributed by atoms with Gasteiger partial charge in [0.25, 0.3) is 5.92 Å². The molecule has 0 aliphatic carbocycles. The highest BCUT2D eigenvalue weighted by Crippen LogP contribution is 2.43. The fraction of sp³-hybridized carbons (Fsp3) is 0.316. The first-order chi connectivity index (χ1) is 13.1. The molecule has 9 heteroatoms. The minimum atomic E-state index is -3.55. The molecule has 0 amide bonds. The first kappa shape index (κ1) is 19.9. The zero-order chi connectivity index (χ0) is 20.5. The van der Waals surface area contributed by atoms with Gasteiger partial charge in [-0.15, -0.1) is 0 Å². The van der Waals surface area contributed by atoms with Gasteiger partial charge in [0.1, 0.15) is 30.6 Å². The summed E-state index contributed by atoms with van der Waals surface area (Å²) in [5.74, 6) is -6.15. The monoisotopic (exact) mass is 395 g/mol. The number of hydrogen-bond donors (Lipinski definition) is 1. The predicted molar refractivity (Wildman–Crippen MR) is 93.4 cm³/mol. The molecule has 0 unspecified atom stereocenters. The van der Waals surface area contributed by atoms with E-state index in [1.165, 1.54) is 18.3 Å². The Morgan fingerprint density at radius 3 is 2.71 bits per heavy atom. The number of carbonyl (C=O) groups is 1. The zero-order valence-electron chi connectivity index (χ0n) is 14.9. The molecule has 0 spiro atoms. The molecule has 0 bridgehead atoms. The summed E-state index contributed by atoms with van der Waals surface area (Å²) in [6.07, 6.45) is 0.912. The van der Waals surface area contributed by atoms with Gasteiger partial charge in [0, 0.05) is 18.2 Å². The number of pyridine rings is 1. The summed E-state index contributed by atoms with van der Waals surface area (Å²) in [6.45, 7) is -0.240. The van der Waals surface area contributed by atoms with Crippen molar-refractivity contribution in [3.8, 4) is 0 Å². The lowest BCUT2D eigenvalue weighted by Gasteiger charge is -2.33. The van der Waals surface area contributed by atoms with E-state index in [9.17, 15) is 22.4 Å². The lowest BCUT2D eigenvalue weighted by molar-refractivity contribution is -0.116. The number of rotatable bonds is 4. The summed E-state index contributed by atoms with van der Waals surface area (Å²) in [6, 6.07) is 5.76. The maximum Gasteiger partial charge on any atom is 0.299 e. The van der Waals surface area contributed by atoms with Gasteiger partial charge in [-0.05, 0) is 36.8 Å². The molecule has 3 rings (SSSR count). The quantitative estimate of drug-likeness (QED) is 0.638. The van der Waals surface area contributed by atoms with Crippen LogP contribution < -0.4 is 5.73 Å². The van der Waals surface area contributed by atoms with Crippen LogP contribution in [-0.2, 0) is 16.7 Å². The maximum atomic E-state index is 14.7. The fourth-order valence-corrected chi connectivity index (χ4v) is 3.00. The van der Waals surface area contributed by atoms with Gasteiger partial charge in [0.15, 0.2) is 17.1 Å². The Kier molecular flexibility index (Phi) is 5.20. The Hall–Kier alpha value is -2.81. The van der Waals surface area contributed by atoms with E-state index in [1.54, 1.807) is 0 Å². The van der Waals surface area contributed by atoms with Crippen LogP contribution in [0.2, 0.25) is 0 Å². The van der Waals surface area contributed by atoms with Crippen LogP contribution in [-0.4, -0.2) is 35.7 Å². The Morgan fingerprint density at radius 2 is 2.00 bits per heavy atom. The van der Waals surface area contributed by atoms with Crippen molar-refractivity contribution in [1.82, 2.24) is 4.98 Å². The summed E-state index contributed by atoms with van der Waals surface area (Å²) < 4.78 is 62.4. The van der Waals surface area contributed by atoms with E-state index in [2.05, 4.69) is 9.98 Å². The van der Waals surface area contributed by atoms with Crippen LogP contribution in [0.5, 0.6) is 0 Å². The van der Waals surface area contributed by atoms with Gasteiger partial charge in [-0.25, -0.2) is 17.6 Å². The summed E-state index contributed by atoms with van der Waals surface area (Å²) in [5, 5.41) is 0. The van der Waals surface area contributed by atoms with Gasteiger partial charge >= 0.3 is 0 Å². The molecule has 0 saturated carbocycles. The van der Waals surface area contributed by atoms with Crippen LogP contribution in [0.1, 0.15) is 28.5 Å². The third-order valence-electron chi connectivity index (χ3n) is 4.56. The molecule has 2 heterocycles. The Labute approximate surface area is 158 Å². The van der Waals surface area contributed by atoms with E-state index in [0.717, 1.165) is 25.1 Å². The molecule has 0 fully saturated rings. The topological polar surface area (TPSA) is 77.6 Å². The van der Waals surface area contributed by atoms with Crippen molar-refractivity contribution in [1.29, 1.82) is 0 Å². The number of alkyl halides is 2. The van der Waals surface area contributed by atoms with E-state index in [4.69, 9.17) is 10.5 Å². The standard InChI is InChI=1S/C19H17F4N3O2/c1-18(19(22,23)10-28-9-16(24)26-18)12-7-11(4-5-13(12)20)8-15(27)17-14(21)3-2-6-25-17/h2-7H,8-10H2,1H3,(H2,24,26)/t18-/m1/s1. The van der Waals surface area contributed by atoms with Crippen molar-refractivity contribution in [2.75, 3.05) is 13.2 Å². The number of benzene rings is 1. The van der Waals surface area contributed by atoms with Crippen molar-refractivity contribution in [3.63, 3.8) is 0 Å². The SMILES string of the molecule is C[C@]1(c2cc(CC(=O)c3ncccc3F)ccc2F)N=C(N)COCC1(F)F. The fourth-order valence-electron chi connectivity index (χ4n) is 3.00. The van der Waals surface area contributed by atoms with Crippen LogP contribution in [0.15, 0.2) is 41.5 Å². The molecule has 1 aliphatic rings. The largest absolute Gasteiger partial charge is 0.385 e. The van der Waals surface area contributed by atoms with Gasteiger partial charge in [-0.2, -0.15) is 0 Å². The molecule has 0 saturated heterocycles. The van der Waals surface area contributed by atoms with Gasteiger partial charge in [-0.1, -0.05) is 6.07 Å². The summed E-state index contributed by atoms with van der Waals surface area (Å²) in [4.78, 5) is 19.8. The van der Waals surface area contributed by atoms with E-state index in [-0.39, 0.29) is 30.1 Å². The number of nitrogens with zero attached hydrogens (tertiary/aromatic N) is 2. The smallest absolute Gasteiger partial charge is 0.299 e. The van der Waals surface area contributed by atoms with Crippen molar-refractivity contribution in [2.45, 2.75) is 24.8 Å². The molecule has 1 aromatic heterocycles. The van der Waals surface area contributed by atoms with E-state index in [1.807, 2.05) is 0 Å². The Balaban J connectivity index is 2.01. The summed E-state index contributed by atoms with van der Waals surface area (Å²) in [5.41, 5.74) is 2.67. The molecule has 28 heavy (non-hydrogen) atoms. The van der Waals surface area contributed by atoms with Gasteiger partial charge in [0.2, 0.25) is 0 Å². The van der Waals surface area contributed by atoms with Gasteiger partial charge in [0.05, 0.1) is 0 Å². The minimum Gasteiger partial charge on any atom is -0.385 e. The minimum absolute atomic E-state index is 0.198. The third-order valence-corrected chi connectivity index (χ3v) is 4.56.